The zero-order chi connectivity index (χ0) is 13.4. The lowest BCUT2D eigenvalue weighted by Gasteiger charge is -2.15. The molecule has 5 heteroatoms. The zero-order valence-electron chi connectivity index (χ0n) is 10.5. The molecule has 19 heavy (non-hydrogen) atoms. The molecule has 0 spiro atoms. The number of nitrogens with two attached hydrogens (primary N) is 1. The lowest BCUT2D eigenvalue weighted by atomic mass is 10.1. The number of rotatable bonds is 3. The Hall–Kier alpha value is -1.33. The summed E-state index contributed by atoms with van der Waals surface area (Å²) in [7, 11) is 0. The quantitative estimate of drug-likeness (QED) is 0.777. The molecule has 2 aromatic heterocycles. The van der Waals surface area contributed by atoms with Crippen LogP contribution in [0.2, 0.25) is 0 Å². The average molecular weight is 336 g/mol. The molecule has 3 aromatic rings. The minimum absolute atomic E-state index is 0.286. The van der Waals surface area contributed by atoms with E-state index in [9.17, 15) is 0 Å². The first kappa shape index (κ1) is 12.7. The monoisotopic (exact) mass is 335 g/mol. The molecule has 2 heterocycles. The first-order valence-electron chi connectivity index (χ1n) is 6.09. The van der Waals surface area contributed by atoms with Crippen molar-refractivity contribution in [3.05, 3.63) is 45.1 Å². The molecule has 1 aromatic carbocycles. The number of imidazole rings is 1. The minimum atomic E-state index is 0.286. The van der Waals surface area contributed by atoms with Gasteiger partial charge in [-0.2, -0.15) is 11.3 Å². The SMILES string of the molecule is CC(Cc1ccsc1)n1c(N)nc2ccc(Br)cc21. The summed E-state index contributed by atoms with van der Waals surface area (Å²) in [6.45, 7) is 2.18. The van der Waals surface area contributed by atoms with E-state index in [0.29, 0.717) is 5.95 Å². The van der Waals surface area contributed by atoms with Gasteiger partial charge in [-0.15, -0.1) is 0 Å². The summed E-state index contributed by atoms with van der Waals surface area (Å²) in [4.78, 5) is 4.43. The van der Waals surface area contributed by atoms with E-state index in [2.05, 4.69) is 55.3 Å². The molecule has 98 valence electrons. The number of halogens is 1. The number of anilines is 1. The maximum atomic E-state index is 6.07. The molecule has 0 bridgehead atoms. The topological polar surface area (TPSA) is 43.8 Å². The molecule has 1 unspecified atom stereocenters. The summed E-state index contributed by atoms with van der Waals surface area (Å²) in [6, 6.07) is 8.50. The van der Waals surface area contributed by atoms with Gasteiger partial charge in [-0.25, -0.2) is 4.98 Å². The number of nitrogens with zero attached hydrogens (tertiary/aromatic N) is 2. The first-order valence-corrected chi connectivity index (χ1v) is 7.83. The summed E-state index contributed by atoms with van der Waals surface area (Å²) < 4.78 is 3.15. The largest absolute Gasteiger partial charge is 0.369 e. The van der Waals surface area contributed by atoms with Gasteiger partial charge < -0.3 is 10.3 Å². The van der Waals surface area contributed by atoms with Gasteiger partial charge >= 0.3 is 0 Å². The van der Waals surface area contributed by atoms with Crippen LogP contribution in [0.5, 0.6) is 0 Å². The first-order chi connectivity index (χ1) is 9.15. The fourth-order valence-corrected chi connectivity index (χ4v) is 3.42. The van der Waals surface area contributed by atoms with E-state index in [-0.39, 0.29) is 6.04 Å². The molecule has 0 aliphatic carbocycles. The highest BCUT2D eigenvalue weighted by Crippen LogP contribution is 2.27. The van der Waals surface area contributed by atoms with Gasteiger partial charge in [0.05, 0.1) is 11.0 Å². The van der Waals surface area contributed by atoms with E-state index < -0.39 is 0 Å². The summed E-state index contributed by atoms with van der Waals surface area (Å²) >= 11 is 5.23. The van der Waals surface area contributed by atoms with Crippen LogP contribution < -0.4 is 5.73 Å². The molecule has 1 atom stereocenters. The Bertz CT molecular complexity index is 703. The second kappa shape index (κ2) is 4.98. The van der Waals surface area contributed by atoms with Gasteiger partial charge in [-0.1, -0.05) is 15.9 Å². The van der Waals surface area contributed by atoms with Crippen molar-refractivity contribution in [1.29, 1.82) is 0 Å². The van der Waals surface area contributed by atoms with E-state index in [1.165, 1.54) is 5.56 Å². The van der Waals surface area contributed by atoms with Crippen molar-refractivity contribution in [3.63, 3.8) is 0 Å². The number of benzene rings is 1. The van der Waals surface area contributed by atoms with Crippen LogP contribution >= 0.6 is 27.3 Å². The number of hydrogen-bond acceptors (Lipinski definition) is 3. The highest BCUT2D eigenvalue weighted by Gasteiger charge is 2.14. The minimum Gasteiger partial charge on any atom is -0.369 e. The van der Waals surface area contributed by atoms with Crippen molar-refractivity contribution in [2.45, 2.75) is 19.4 Å². The van der Waals surface area contributed by atoms with Crippen molar-refractivity contribution >= 4 is 44.2 Å². The van der Waals surface area contributed by atoms with Gasteiger partial charge in [-0.3, -0.25) is 0 Å². The molecule has 2 N–H and O–H groups in total. The maximum absolute atomic E-state index is 6.07. The summed E-state index contributed by atoms with van der Waals surface area (Å²) in [5, 5.41) is 4.29. The van der Waals surface area contributed by atoms with Crippen molar-refractivity contribution in [3.8, 4) is 0 Å². The van der Waals surface area contributed by atoms with Gasteiger partial charge in [0.15, 0.2) is 0 Å². The lowest BCUT2D eigenvalue weighted by Crippen LogP contribution is -2.11. The van der Waals surface area contributed by atoms with Gasteiger partial charge in [0, 0.05) is 10.5 Å². The Morgan fingerprint density at radius 3 is 3.00 bits per heavy atom. The van der Waals surface area contributed by atoms with Crippen LogP contribution in [-0.4, -0.2) is 9.55 Å². The van der Waals surface area contributed by atoms with Crippen LogP contribution in [0.4, 0.5) is 5.95 Å². The van der Waals surface area contributed by atoms with Gasteiger partial charge in [-0.05, 0) is 53.9 Å². The van der Waals surface area contributed by atoms with Gasteiger partial charge in [0.1, 0.15) is 0 Å². The Morgan fingerprint density at radius 1 is 1.42 bits per heavy atom. The van der Waals surface area contributed by atoms with Crippen LogP contribution in [0, 0.1) is 0 Å². The van der Waals surface area contributed by atoms with Crippen LogP contribution in [0.15, 0.2) is 39.5 Å². The number of nitrogen functional groups attached to an aromatic ring is 1. The predicted molar refractivity (Wildman–Crippen MR) is 84.6 cm³/mol. The fourth-order valence-electron chi connectivity index (χ4n) is 2.39. The molecule has 0 amide bonds. The third-order valence-corrected chi connectivity index (χ3v) is 4.46. The number of thiophene rings is 1. The molecule has 0 aliphatic rings. The van der Waals surface area contributed by atoms with Crippen LogP contribution in [0.1, 0.15) is 18.5 Å². The van der Waals surface area contributed by atoms with E-state index >= 15 is 0 Å². The van der Waals surface area contributed by atoms with Crippen molar-refractivity contribution < 1.29 is 0 Å². The van der Waals surface area contributed by atoms with E-state index in [0.717, 1.165) is 21.9 Å². The van der Waals surface area contributed by atoms with E-state index in [4.69, 9.17) is 5.73 Å². The van der Waals surface area contributed by atoms with Crippen molar-refractivity contribution in [1.82, 2.24) is 9.55 Å². The summed E-state index contributed by atoms with van der Waals surface area (Å²) in [5.41, 5.74) is 9.43. The molecular formula is C14H14BrN3S. The highest BCUT2D eigenvalue weighted by atomic mass is 79.9. The lowest BCUT2D eigenvalue weighted by molar-refractivity contribution is 0.567. The Morgan fingerprint density at radius 2 is 2.26 bits per heavy atom. The summed E-state index contributed by atoms with van der Waals surface area (Å²) in [6.07, 6.45) is 0.964. The zero-order valence-corrected chi connectivity index (χ0v) is 12.9. The molecular weight excluding hydrogens is 322 g/mol. The van der Waals surface area contributed by atoms with Crippen LogP contribution in [0.3, 0.4) is 0 Å². The third-order valence-electron chi connectivity index (χ3n) is 3.23. The average Bonchev–Trinajstić information content (AvgIpc) is 2.95. The van der Waals surface area contributed by atoms with Crippen LogP contribution in [0.25, 0.3) is 11.0 Å². The molecule has 0 saturated carbocycles. The molecule has 3 nitrogen and oxygen atoms in total. The second-order valence-corrected chi connectivity index (χ2v) is 6.35. The molecule has 0 saturated heterocycles. The summed E-state index contributed by atoms with van der Waals surface area (Å²) in [5.74, 6) is 0.579. The van der Waals surface area contributed by atoms with Crippen molar-refractivity contribution in [2.75, 3.05) is 5.73 Å². The standard InChI is InChI=1S/C14H14BrN3S/c1-9(6-10-4-5-19-8-10)18-13-7-11(15)2-3-12(13)17-14(18)16/h2-5,7-9H,6H2,1H3,(H2,16,17). The Balaban J connectivity index is 2.03. The van der Waals surface area contributed by atoms with Gasteiger partial charge in [0.2, 0.25) is 5.95 Å². The van der Waals surface area contributed by atoms with Crippen LogP contribution in [-0.2, 0) is 6.42 Å². The van der Waals surface area contributed by atoms with Crippen molar-refractivity contribution in [2.24, 2.45) is 0 Å². The van der Waals surface area contributed by atoms with E-state index in [1.54, 1.807) is 11.3 Å². The van der Waals surface area contributed by atoms with Gasteiger partial charge in [0.25, 0.3) is 0 Å². The smallest absolute Gasteiger partial charge is 0.201 e. The Labute approximate surface area is 124 Å². The highest BCUT2D eigenvalue weighted by molar-refractivity contribution is 9.10. The fraction of sp³-hybridized carbons (Fsp3) is 0.214. The molecule has 0 radical (unpaired) electrons. The number of hydrogen-bond donors (Lipinski definition) is 1. The molecule has 0 fully saturated rings. The normalized spacial score (nSPS) is 12.9. The number of fused-ring (bicyclic) bond motifs is 1. The second-order valence-electron chi connectivity index (χ2n) is 4.66. The Kier molecular flexibility index (Phi) is 3.33. The van der Waals surface area contributed by atoms with E-state index in [1.807, 2.05) is 12.1 Å². The molecule has 0 aliphatic heterocycles. The number of aromatic nitrogens is 2. The predicted octanol–water partition coefficient (Wildman–Crippen LogP) is 4.25. The molecule has 3 rings (SSSR count). The third kappa shape index (κ3) is 2.40. The maximum Gasteiger partial charge on any atom is 0.201 e.